The van der Waals surface area contributed by atoms with E-state index in [1.54, 1.807) is 17.0 Å². The summed E-state index contributed by atoms with van der Waals surface area (Å²) in [6, 6.07) is 4.82. The molecular weight excluding hydrogens is 405 g/mol. The molecule has 162 valence electrons. The van der Waals surface area contributed by atoms with Crippen molar-refractivity contribution in [1.82, 2.24) is 9.88 Å². The van der Waals surface area contributed by atoms with Gasteiger partial charge >= 0.3 is 6.18 Å². The van der Waals surface area contributed by atoms with Crippen molar-refractivity contribution in [3.05, 3.63) is 41.6 Å². The maximum Gasteiger partial charge on any atom is 0.416 e. The summed E-state index contributed by atoms with van der Waals surface area (Å²) in [6.07, 6.45) is -3.43. The quantitative estimate of drug-likeness (QED) is 0.705. The van der Waals surface area contributed by atoms with Crippen LogP contribution in [0.3, 0.4) is 0 Å². The lowest BCUT2D eigenvalue weighted by Crippen LogP contribution is -2.31. The Morgan fingerprint density at radius 3 is 2.33 bits per heavy atom. The van der Waals surface area contributed by atoms with E-state index in [2.05, 4.69) is 4.98 Å². The average molecular weight is 426 g/mol. The lowest BCUT2D eigenvalue weighted by atomic mass is 10.1. The van der Waals surface area contributed by atoms with Crippen LogP contribution >= 0.6 is 0 Å². The number of pyridine rings is 1. The minimum atomic E-state index is -4.48. The molecule has 0 N–H and O–H groups in total. The smallest absolute Gasteiger partial charge is 0.416 e. The van der Waals surface area contributed by atoms with E-state index < -0.39 is 17.8 Å². The molecule has 1 aliphatic heterocycles. The van der Waals surface area contributed by atoms with E-state index in [1.165, 1.54) is 21.3 Å². The van der Waals surface area contributed by atoms with Gasteiger partial charge in [0.2, 0.25) is 11.6 Å². The van der Waals surface area contributed by atoms with Crippen LogP contribution in [-0.4, -0.2) is 56.3 Å². The highest BCUT2D eigenvalue weighted by atomic mass is 19.4. The number of rotatable bonds is 6. The predicted molar refractivity (Wildman–Crippen MR) is 100 cm³/mol. The molecular formula is C20H21F3N2O5. The molecule has 1 amide bonds. The normalized spacial score (nSPS) is 16.3. The summed E-state index contributed by atoms with van der Waals surface area (Å²) >= 11 is 0. The summed E-state index contributed by atoms with van der Waals surface area (Å²) in [5.74, 6) is 0.657. The second-order valence-corrected chi connectivity index (χ2v) is 6.57. The van der Waals surface area contributed by atoms with Crippen LogP contribution in [-0.2, 0) is 6.18 Å². The van der Waals surface area contributed by atoms with Crippen LogP contribution in [0.15, 0.2) is 30.5 Å². The maximum atomic E-state index is 12.9. The number of carbonyl (C=O) groups is 1. The Labute approximate surface area is 171 Å². The molecule has 1 aromatic heterocycles. The van der Waals surface area contributed by atoms with Gasteiger partial charge in [0.1, 0.15) is 6.10 Å². The Bertz CT molecular complexity index is 895. The Balaban J connectivity index is 1.72. The van der Waals surface area contributed by atoms with Gasteiger partial charge in [-0.25, -0.2) is 4.98 Å². The van der Waals surface area contributed by atoms with Crippen LogP contribution in [0.2, 0.25) is 0 Å². The summed E-state index contributed by atoms with van der Waals surface area (Å²) in [5.41, 5.74) is -0.502. The van der Waals surface area contributed by atoms with E-state index in [0.717, 1.165) is 18.3 Å². The molecule has 1 saturated heterocycles. The molecule has 30 heavy (non-hydrogen) atoms. The van der Waals surface area contributed by atoms with Crippen LogP contribution in [0.1, 0.15) is 22.3 Å². The number of hydrogen-bond acceptors (Lipinski definition) is 6. The molecule has 3 rings (SSSR count). The monoisotopic (exact) mass is 426 g/mol. The van der Waals surface area contributed by atoms with Crippen molar-refractivity contribution in [2.45, 2.75) is 18.7 Å². The maximum absolute atomic E-state index is 12.9. The fraction of sp³-hybridized carbons (Fsp3) is 0.400. The van der Waals surface area contributed by atoms with E-state index in [9.17, 15) is 18.0 Å². The molecule has 1 fully saturated rings. The summed E-state index contributed by atoms with van der Waals surface area (Å²) in [7, 11) is 4.37. The predicted octanol–water partition coefficient (Wildman–Crippen LogP) is 3.42. The third kappa shape index (κ3) is 4.52. The topological polar surface area (TPSA) is 70.1 Å². The molecule has 0 saturated carbocycles. The van der Waals surface area contributed by atoms with Gasteiger partial charge in [0, 0.05) is 30.8 Å². The summed E-state index contributed by atoms with van der Waals surface area (Å²) in [4.78, 5) is 18.3. The average Bonchev–Trinajstić information content (AvgIpc) is 3.20. The third-order valence-corrected chi connectivity index (χ3v) is 4.69. The van der Waals surface area contributed by atoms with E-state index in [0.29, 0.717) is 35.8 Å². The molecule has 1 unspecified atom stereocenters. The first kappa shape index (κ1) is 21.5. The lowest BCUT2D eigenvalue weighted by Gasteiger charge is -2.19. The zero-order chi connectivity index (χ0) is 21.9. The number of aromatic nitrogens is 1. The van der Waals surface area contributed by atoms with Crippen molar-refractivity contribution >= 4 is 5.91 Å². The Morgan fingerprint density at radius 1 is 1.10 bits per heavy atom. The fourth-order valence-corrected chi connectivity index (χ4v) is 3.22. The molecule has 2 aromatic rings. The lowest BCUT2D eigenvalue weighted by molar-refractivity contribution is -0.137. The summed E-state index contributed by atoms with van der Waals surface area (Å²) in [6.45, 7) is 0.604. The van der Waals surface area contributed by atoms with Gasteiger partial charge in [0.25, 0.3) is 5.91 Å². The van der Waals surface area contributed by atoms with E-state index in [1.807, 2.05) is 0 Å². The van der Waals surface area contributed by atoms with Crippen molar-refractivity contribution < 1.29 is 36.9 Å². The molecule has 7 nitrogen and oxygen atoms in total. The van der Waals surface area contributed by atoms with E-state index in [4.69, 9.17) is 18.9 Å². The molecule has 10 heteroatoms. The number of ether oxygens (including phenoxy) is 4. The first-order valence-electron chi connectivity index (χ1n) is 9.06. The largest absolute Gasteiger partial charge is 0.493 e. The summed E-state index contributed by atoms with van der Waals surface area (Å²) in [5, 5.41) is 0. The van der Waals surface area contributed by atoms with Crippen molar-refractivity contribution in [2.24, 2.45) is 0 Å². The van der Waals surface area contributed by atoms with Gasteiger partial charge in [-0.1, -0.05) is 0 Å². The van der Waals surface area contributed by atoms with Crippen LogP contribution < -0.4 is 18.9 Å². The van der Waals surface area contributed by atoms with Crippen LogP contribution in [0, 0.1) is 0 Å². The number of amides is 1. The number of benzene rings is 1. The van der Waals surface area contributed by atoms with Crippen molar-refractivity contribution in [3.63, 3.8) is 0 Å². The van der Waals surface area contributed by atoms with Crippen LogP contribution in [0.4, 0.5) is 13.2 Å². The van der Waals surface area contributed by atoms with Gasteiger partial charge in [-0.3, -0.25) is 4.79 Å². The molecule has 0 radical (unpaired) electrons. The second kappa shape index (κ2) is 8.68. The van der Waals surface area contributed by atoms with E-state index in [-0.39, 0.29) is 18.3 Å². The Hall–Kier alpha value is -3.17. The Morgan fingerprint density at radius 2 is 1.77 bits per heavy atom. The first-order chi connectivity index (χ1) is 14.3. The van der Waals surface area contributed by atoms with Gasteiger partial charge in [0.05, 0.1) is 33.4 Å². The zero-order valence-corrected chi connectivity index (χ0v) is 16.7. The van der Waals surface area contributed by atoms with Crippen molar-refractivity contribution in [3.8, 4) is 23.1 Å². The van der Waals surface area contributed by atoms with Gasteiger partial charge in [-0.05, 0) is 18.2 Å². The summed E-state index contributed by atoms with van der Waals surface area (Å²) < 4.78 is 59.9. The molecule has 1 aliphatic rings. The van der Waals surface area contributed by atoms with E-state index >= 15 is 0 Å². The van der Waals surface area contributed by atoms with Gasteiger partial charge in [-0.2, -0.15) is 13.2 Å². The molecule has 1 aromatic carbocycles. The molecule has 2 heterocycles. The molecule has 0 spiro atoms. The minimum absolute atomic E-state index is 0.128. The first-order valence-corrected chi connectivity index (χ1v) is 9.06. The number of carbonyl (C=O) groups excluding carboxylic acids is 1. The fourth-order valence-electron chi connectivity index (χ4n) is 3.22. The highest BCUT2D eigenvalue weighted by Crippen LogP contribution is 2.38. The van der Waals surface area contributed by atoms with Crippen molar-refractivity contribution in [2.75, 3.05) is 34.4 Å². The molecule has 0 bridgehead atoms. The third-order valence-electron chi connectivity index (χ3n) is 4.69. The molecule has 0 aliphatic carbocycles. The zero-order valence-electron chi connectivity index (χ0n) is 16.7. The van der Waals surface area contributed by atoms with Gasteiger partial charge in [0.15, 0.2) is 11.5 Å². The minimum Gasteiger partial charge on any atom is -0.493 e. The highest BCUT2D eigenvalue weighted by molar-refractivity contribution is 5.95. The number of nitrogens with zero attached hydrogens (tertiary/aromatic N) is 2. The SMILES string of the molecule is COc1cc(C(=O)N2CCC(Oc3cc(C(F)(F)F)ccn3)C2)cc(OC)c1OC. The molecule has 1 atom stereocenters. The Kier molecular flexibility index (Phi) is 6.23. The number of hydrogen-bond donors (Lipinski definition) is 0. The van der Waals surface area contributed by atoms with Crippen molar-refractivity contribution in [1.29, 1.82) is 0 Å². The highest BCUT2D eigenvalue weighted by Gasteiger charge is 2.33. The number of methoxy groups -OCH3 is 3. The standard InChI is InChI=1S/C20H21F3N2O5/c1-27-15-8-12(9-16(28-2)18(15)29-3)19(26)25-7-5-14(11-25)30-17-10-13(4-6-24-17)20(21,22)23/h4,6,8-10,14H,5,7,11H2,1-3H3. The van der Waals surface area contributed by atoms with Crippen LogP contribution in [0.25, 0.3) is 0 Å². The van der Waals surface area contributed by atoms with Gasteiger partial charge in [-0.15, -0.1) is 0 Å². The van der Waals surface area contributed by atoms with Crippen LogP contribution in [0.5, 0.6) is 23.1 Å². The second-order valence-electron chi connectivity index (χ2n) is 6.57. The number of likely N-dealkylation sites (tertiary alicyclic amines) is 1. The van der Waals surface area contributed by atoms with Gasteiger partial charge < -0.3 is 23.8 Å². The number of halogens is 3. The number of alkyl halides is 3.